The second-order valence-corrected chi connectivity index (χ2v) is 3.61. The number of halogens is 1. The highest BCUT2D eigenvalue weighted by Gasteiger charge is 2.14. The van der Waals surface area contributed by atoms with Gasteiger partial charge in [-0.1, -0.05) is 12.1 Å². The van der Waals surface area contributed by atoms with Crippen molar-refractivity contribution in [2.45, 2.75) is 13.1 Å². The van der Waals surface area contributed by atoms with E-state index in [1.165, 1.54) is 0 Å². The smallest absolute Gasteiger partial charge is 0.177 e. The molecule has 1 heterocycles. The molecule has 0 aromatic heterocycles. The van der Waals surface area contributed by atoms with E-state index in [2.05, 4.69) is 0 Å². The van der Waals surface area contributed by atoms with Gasteiger partial charge in [0.05, 0.1) is 5.88 Å². The summed E-state index contributed by atoms with van der Waals surface area (Å²) < 4.78 is 0. The molecule has 3 nitrogen and oxygen atoms in total. The first kappa shape index (κ1) is 9.65. The molecular weight excluding hydrogens is 202 g/mol. The first-order valence-corrected chi connectivity index (χ1v) is 4.87. The van der Waals surface area contributed by atoms with Crippen LogP contribution < -0.4 is 0 Å². The average molecular weight is 211 g/mol. The Morgan fingerprint density at radius 2 is 2.14 bits per heavy atom. The highest BCUT2D eigenvalue weighted by molar-refractivity contribution is 6.30. The predicted molar refractivity (Wildman–Crippen MR) is 54.1 cm³/mol. The van der Waals surface area contributed by atoms with Gasteiger partial charge in [-0.2, -0.15) is 0 Å². The van der Waals surface area contributed by atoms with Crippen molar-refractivity contribution in [3.05, 3.63) is 40.1 Å². The Kier molecular flexibility index (Phi) is 2.54. The molecule has 1 aliphatic heterocycles. The summed E-state index contributed by atoms with van der Waals surface area (Å²) in [5.74, 6) is -0.112. The molecule has 4 heteroatoms. The minimum absolute atomic E-state index is 0.0140. The molecule has 0 spiro atoms. The van der Waals surface area contributed by atoms with Gasteiger partial charge < -0.3 is 10.3 Å². The Balaban J connectivity index is 2.33. The summed E-state index contributed by atoms with van der Waals surface area (Å²) in [6.45, 7) is 0.795. The zero-order valence-electron chi connectivity index (χ0n) is 7.50. The molecule has 1 aliphatic rings. The van der Waals surface area contributed by atoms with Crippen LogP contribution in [-0.4, -0.2) is 16.7 Å². The molecule has 0 N–H and O–H groups in total. The minimum Gasteiger partial charge on any atom is -0.785 e. The highest BCUT2D eigenvalue weighted by atomic mass is 35.5. The zero-order chi connectivity index (χ0) is 10.1. The van der Waals surface area contributed by atoms with E-state index in [1.54, 1.807) is 12.1 Å². The maximum Gasteiger partial charge on any atom is 0.177 e. The van der Waals surface area contributed by atoms with Gasteiger partial charge in [0.1, 0.15) is 0 Å². The van der Waals surface area contributed by atoms with Crippen LogP contribution in [0.2, 0.25) is 0 Å². The number of nitrogens with zero attached hydrogens (tertiary/aromatic N) is 1. The molecule has 1 aromatic rings. The van der Waals surface area contributed by atoms with E-state index in [4.69, 9.17) is 11.6 Å². The van der Waals surface area contributed by atoms with E-state index in [0.717, 1.165) is 16.2 Å². The van der Waals surface area contributed by atoms with E-state index in [1.807, 2.05) is 6.07 Å². The summed E-state index contributed by atoms with van der Waals surface area (Å²) in [7, 11) is 0. The molecule has 0 bridgehead atoms. The molecule has 0 amide bonds. The number of benzene rings is 1. The summed E-state index contributed by atoms with van der Waals surface area (Å²) in [5.41, 5.74) is 2.54. The van der Waals surface area contributed by atoms with Crippen LogP contribution in [0.5, 0.6) is 0 Å². The van der Waals surface area contributed by atoms with Crippen LogP contribution in [-0.2, 0) is 13.1 Å². The number of hydrogen-bond acceptors (Lipinski definition) is 3. The van der Waals surface area contributed by atoms with Crippen molar-refractivity contribution < 1.29 is 4.79 Å². The second-order valence-electron chi connectivity index (χ2n) is 3.34. The zero-order valence-corrected chi connectivity index (χ0v) is 8.25. The Labute approximate surface area is 86.9 Å². The van der Waals surface area contributed by atoms with E-state index in [0.29, 0.717) is 18.7 Å². The van der Waals surface area contributed by atoms with Crippen molar-refractivity contribution >= 4 is 17.4 Å². The summed E-state index contributed by atoms with van der Waals surface area (Å²) in [4.78, 5) is 11.3. The van der Waals surface area contributed by atoms with Gasteiger partial charge in [-0.3, -0.25) is 4.79 Å². The standard InChI is InChI=1S/C10H9ClNO2/c11-4-10(13)7-1-2-8-5-12(14)6-9(8)3-7/h1-3H,4-6H2/q-1. The third-order valence-electron chi connectivity index (χ3n) is 2.34. The maximum absolute atomic E-state index is 11.3. The first-order chi connectivity index (χ1) is 6.70. The monoisotopic (exact) mass is 210 g/mol. The first-order valence-electron chi connectivity index (χ1n) is 4.34. The number of hydroxylamine groups is 2. The summed E-state index contributed by atoms with van der Waals surface area (Å²) >= 11 is 5.44. The summed E-state index contributed by atoms with van der Waals surface area (Å²) in [6.07, 6.45) is 0. The number of hydrogen-bond donors (Lipinski definition) is 0. The van der Waals surface area contributed by atoms with Crippen LogP contribution in [0.4, 0.5) is 0 Å². The van der Waals surface area contributed by atoms with Crippen molar-refractivity contribution in [1.82, 2.24) is 5.06 Å². The van der Waals surface area contributed by atoms with Gasteiger partial charge in [0.15, 0.2) is 5.78 Å². The number of rotatable bonds is 2. The van der Waals surface area contributed by atoms with Crippen LogP contribution in [0.1, 0.15) is 21.5 Å². The van der Waals surface area contributed by atoms with Gasteiger partial charge in [-0.15, -0.1) is 11.6 Å². The lowest BCUT2D eigenvalue weighted by Gasteiger charge is -2.19. The maximum atomic E-state index is 11.3. The van der Waals surface area contributed by atoms with E-state index in [-0.39, 0.29) is 11.7 Å². The van der Waals surface area contributed by atoms with Gasteiger partial charge in [-0.25, -0.2) is 0 Å². The molecule has 0 saturated carbocycles. The third kappa shape index (κ3) is 1.66. The molecule has 74 valence electrons. The van der Waals surface area contributed by atoms with Gasteiger partial charge in [0.2, 0.25) is 0 Å². The number of Topliss-reactive ketones (excluding diaryl/α,β-unsaturated/α-hetero) is 1. The van der Waals surface area contributed by atoms with Crippen molar-refractivity contribution in [3.8, 4) is 0 Å². The molecule has 0 atom stereocenters. The van der Waals surface area contributed by atoms with Crippen LogP contribution in [0.25, 0.3) is 0 Å². The lowest BCUT2D eigenvalue weighted by Crippen LogP contribution is -2.04. The Morgan fingerprint density at radius 3 is 2.86 bits per heavy atom. The second kappa shape index (κ2) is 3.69. The Bertz CT molecular complexity index is 378. The topological polar surface area (TPSA) is 43.4 Å². The fraction of sp³-hybridized carbons (Fsp3) is 0.300. The normalized spacial score (nSPS) is 15.6. The number of fused-ring (bicyclic) bond motifs is 1. The quantitative estimate of drug-likeness (QED) is 0.553. The molecule has 1 aromatic carbocycles. The van der Waals surface area contributed by atoms with Crippen LogP contribution in [0.3, 0.4) is 0 Å². The Hall–Kier alpha value is -0.900. The molecule has 14 heavy (non-hydrogen) atoms. The fourth-order valence-corrected chi connectivity index (χ4v) is 1.77. The van der Waals surface area contributed by atoms with Crippen molar-refractivity contribution in [3.63, 3.8) is 0 Å². The lowest BCUT2D eigenvalue weighted by atomic mass is 10.0. The largest absolute Gasteiger partial charge is 0.785 e. The van der Waals surface area contributed by atoms with Gasteiger partial charge in [-0.05, 0) is 17.2 Å². The van der Waals surface area contributed by atoms with E-state index in [9.17, 15) is 10.0 Å². The SMILES string of the molecule is O=C(CCl)c1ccc2c(c1)CN([O-])C2. The van der Waals surface area contributed by atoms with Gasteiger partial charge >= 0.3 is 0 Å². The van der Waals surface area contributed by atoms with Crippen molar-refractivity contribution in [1.29, 1.82) is 0 Å². The summed E-state index contributed by atoms with van der Waals surface area (Å²) in [6, 6.07) is 5.31. The average Bonchev–Trinajstić information content (AvgIpc) is 2.55. The van der Waals surface area contributed by atoms with Gasteiger partial charge in [0.25, 0.3) is 0 Å². The van der Waals surface area contributed by atoms with Crippen LogP contribution in [0.15, 0.2) is 18.2 Å². The highest BCUT2D eigenvalue weighted by Crippen LogP contribution is 2.22. The van der Waals surface area contributed by atoms with E-state index < -0.39 is 0 Å². The molecule has 0 saturated heterocycles. The number of alkyl halides is 1. The number of carbonyl (C=O) groups is 1. The molecule has 0 unspecified atom stereocenters. The predicted octanol–water partition coefficient (Wildman–Crippen LogP) is 1.92. The molecule has 0 fully saturated rings. The summed E-state index contributed by atoms with van der Waals surface area (Å²) in [5, 5.41) is 12.0. The molecule has 0 aliphatic carbocycles. The molecule has 2 rings (SSSR count). The van der Waals surface area contributed by atoms with Crippen molar-refractivity contribution in [2.24, 2.45) is 0 Å². The fourth-order valence-electron chi connectivity index (χ4n) is 1.61. The van der Waals surface area contributed by atoms with Gasteiger partial charge in [0, 0.05) is 18.7 Å². The van der Waals surface area contributed by atoms with Crippen LogP contribution >= 0.6 is 11.6 Å². The lowest BCUT2D eigenvalue weighted by molar-refractivity contribution is 0.102. The number of ketones is 1. The molecule has 0 radical (unpaired) electrons. The third-order valence-corrected chi connectivity index (χ3v) is 2.59. The van der Waals surface area contributed by atoms with E-state index >= 15 is 0 Å². The van der Waals surface area contributed by atoms with Crippen LogP contribution in [0, 0.1) is 5.21 Å². The molecular formula is C10H9ClNO2-. The van der Waals surface area contributed by atoms with Crippen molar-refractivity contribution in [2.75, 3.05) is 5.88 Å². The number of carbonyl (C=O) groups excluding carboxylic acids is 1. The Morgan fingerprint density at radius 1 is 1.43 bits per heavy atom. The minimum atomic E-state index is -0.0983.